The van der Waals surface area contributed by atoms with Gasteiger partial charge in [0, 0.05) is 6.54 Å². The lowest BCUT2D eigenvalue weighted by Gasteiger charge is -2.44. The average Bonchev–Trinajstić information content (AvgIpc) is 2.16. The Hall–Kier alpha value is -1.23. The Morgan fingerprint density at radius 1 is 1.28 bits per heavy atom. The van der Waals surface area contributed by atoms with E-state index in [2.05, 4.69) is 5.32 Å². The van der Waals surface area contributed by atoms with E-state index in [1.807, 2.05) is 39.8 Å². The third kappa shape index (κ3) is 2.07. The molecule has 1 aliphatic rings. The van der Waals surface area contributed by atoms with E-state index in [9.17, 15) is 8.42 Å². The number of aryl methyl sites for hydroxylation is 2. The van der Waals surface area contributed by atoms with E-state index in [0.717, 1.165) is 22.5 Å². The minimum absolute atomic E-state index is 0.458. The van der Waals surface area contributed by atoms with Crippen LogP contribution >= 0.6 is 0 Å². The molecular weight excluding hydrogens is 248 g/mol. The topological polar surface area (TPSA) is 49.4 Å². The van der Waals surface area contributed by atoms with E-state index in [4.69, 9.17) is 0 Å². The van der Waals surface area contributed by atoms with Crippen molar-refractivity contribution in [1.29, 1.82) is 0 Å². The molecule has 0 aromatic heterocycles. The summed E-state index contributed by atoms with van der Waals surface area (Å²) in [5, 5.41) is 3.33. The summed E-state index contributed by atoms with van der Waals surface area (Å²) in [7, 11) is -3.29. The second-order valence-corrected chi connectivity index (χ2v) is 7.50. The van der Waals surface area contributed by atoms with E-state index in [0.29, 0.717) is 6.54 Å². The Balaban J connectivity index is 2.74. The molecule has 18 heavy (non-hydrogen) atoms. The van der Waals surface area contributed by atoms with Crippen molar-refractivity contribution in [2.75, 3.05) is 22.4 Å². The van der Waals surface area contributed by atoms with Crippen LogP contribution in [0.25, 0.3) is 0 Å². The SMILES string of the molecule is Cc1cc(C)c2c(c1)NCC(C)(C)N2S(C)(=O)=O. The van der Waals surface area contributed by atoms with E-state index in [-0.39, 0.29) is 0 Å². The highest BCUT2D eigenvalue weighted by atomic mass is 32.2. The van der Waals surface area contributed by atoms with E-state index in [1.165, 1.54) is 6.26 Å². The number of anilines is 2. The highest BCUT2D eigenvalue weighted by molar-refractivity contribution is 7.92. The highest BCUT2D eigenvalue weighted by Crippen LogP contribution is 2.40. The predicted octanol–water partition coefficient (Wildman–Crippen LogP) is 2.27. The van der Waals surface area contributed by atoms with Crippen molar-refractivity contribution < 1.29 is 8.42 Å². The van der Waals surface area contributed by atoms with Gasteiger partial charge in [0.05, 0.1) is 23.2 Å². The second-order valence-electron chi connectivity index (χ2n) is 5.67. The van der Waals surface area contributed by atoms with Gasteiger partial charge in [0.2, 0.25) is 10.0 Å². The molecule has 0 aliphatic carbocycles. The molecule has 1 N–H and O–H groups in total. The second kappa shape index (κ2) is 3.88. The summed E-state index contributed by atoms with van der Waals surface area (Å²) in [5.74, 6) is 0. The van der Waals surface area contributed by atoms with Gasteiger partial charge < -0.3 is 5.32 Å². The van der Waals surface area contributed by atoms with Gasteiger partial charge in [-0.05, 0) is 44.9 Å². The van der Waals surface area contributed by atoms with Crippen molar-refractivity contribution in [3.8, 4) is 0 Å². The Morgan fingerprint density at radius 3 is 2.44 bits per heavy atom. The van der Waals surface area contributed by atoms with Crippen LogP contribution in [0.2, 0.25) is 0 Å². The van der Waals surface area contributed by atoms with Crippen molar-refractivity contribution in [3.63, 3.8) is 0 Å². The normalized spacial score (nSPS) is 18.2. The summed E-state index contributed by atoms with van der Waals surface area (Å²) in [6, 6.07) is 4.01. The maximum absolute atomic E-state index is 12.1. The van der Waals surface area contributed by atoms with Crippen LogP contribution in [0.3, 0.4) is 0 Å². The summed E-state index contributed by atoms with van der Waals surface area (Å²) in [6.45, 7) is 8.44. The molecule has 0 bridgehead atoms. The van der Waals surface area contributed by atoms with Crippen LogP contribution in [-0.4, -0.2) is 26.8 Å². The lowest BCUT2D eigenvalue weighted by molar-refractivity contribution is 0.514. The lowest BCUT2D eigenvalue weighted by Crippen LogP contribution is -2.54. The van der Waals surface area contributed by atoms with E-state index >= 15 is 0 Å². The van der Waals surface area contributed by atoms with Crippen molar-refractivity contribution in [1.82, 2.24) is 0 Å². The quantitative estimate of drug-likeness (QED) is 0.850. The zero-order chi connectivity index (χ0) is 13.7. The highest BCUT2D eigenvalue weighted by Gasteiger charge is 2.39. The van der Waals surface area contributed by atoms with Crippen molar-refractivity contribution >= 4 is 21.4 Å². The number of fused-ring (bicyclic) bond motifs is 1. The van der Waals surface area contributed by atoms with Crippen LogP contribution in [0.5, 0.6) is 0 Å². The number of hydrogen-bond donors (Lipinski definition) is 1. The molecule has 0 atom stereocenters. The smallest absolute Gasteiger partial charge is 0.232 e. The average molecular weight is 268 g/mol. The van der Waals surface area contributed by atoms with Crippen LogP contribution in [0, 0.1) is 13.8 Å². The van der Waals surface area contributed by atoms with Gasteiger partial charge in [-0.15, -0.1) is 0 Å². The number of rotatable bonds is 1. The van der Waals surface area contributed by atoms with E-state index < -0.39 is 15.6 Å². The minimum atomic E-state index is -3.29. The number of sulfonamides is 1. The summed E-state index contributed by atoms with van der Waals surface area (Å²) in [6.07, 6.45) is 1.27. The van der Waals surface area contributed by atoms with Gasteiger partial charge in [-0.1, -0.05) is 6.07 Å². The Morgan fingerprint density at radius 2 is 1.89 bits per heavy atom. The molecule has 2 rings (SSSR count). The van der Waals surface area contributed by atoms with Crippen LogP contribution in [0.15, 0.2) is 12.1 Å². The monoisotopic (exact) mass is 268 g/mol. The minimum Gasteiger partial charge on any atom is -0.381 e. The summed E-state index contributed by atoms with van der Waals surface area (Å²) < 4.78 is 25.7. The first-order valence-corrected chi connectivity index (χ1v) is 7.83. The number of benzene rings is 1. The first-order chi connectivity index (χ1) is 8.13. The van der Waals surface area contributed by atoms with E-state index in [1.54, 1.807) is 4.31 Å². The molecule has 4 nitrogen and oxygen atoms in total. The largest absolute Gasteiger partial charge is 0.381 e. The molecule has 0 saturated heterocycles. The summed E-state index contributed by atoms with van der Waals surface area (Å²) in [4.78, 5) is 0. The van der Waals surface area contributed by atoms with Gasteiger partial charge in [0.25, 0.3) is 0 Å². The third-order valence-corrected chi connectivity index (χ3v) is 4.58. The molecule has 0 fully saturated rings. The molecule has 0 unspecified atom stereocenters. The van der Waals surface area contributed by atoms with Crippen LogP contribution in [0.1, 0.15) is 25.0 Å². The molecule has 1 heterocycles. The third-order valence-electron chi connectivity index (χ3n) is 3.24. The maximum atomic E-state index is 12.1. The molecule has 1 aliphatic heterocycles. The predicted molar refractivity (Wildman–Crippen MR) is 75.8 cm³/mol. The molecule has 100 valence electrons. The Labute approximate surface area is 109 Å². The first kappa shape index (κ1) is 13.2. The molecule has 0 spiro atoms. The van der Waals surface area contributed by atoms with Crippen LogP contribution in [-0.2, 0) is 10.0 Å². The van der Waals surface area contributed by atoms with Gasteiger partial charge >= 0.3 is 0 Å². The van der Waals surface area contributed by atoms with Gasteiger partial charge in [0.1, 0.15) is 0 Å². The zero-order valence-electron chi connectivity index (χ0n) is 11.5. The van der Waals surface area contributed by atoms with Crippen LogP contribution in [0.4, 0.5) is 11.4 Å². The number of hydrogen-bond acceptors (Lipinski definition) is 3. The van der Waals surface area contributed by atoms with Gasteiger partial charge in [-0.2, -0.15) is 0 Å². The van der Waals surface area contributed by atoms with Crippen molar-refractivity contribution in [3.05, 3.63) is 23.3 Å². The number of nitrogens with zero attached hydrogens (tertiary/aromatic N) is 1. The molecule has 0 radical (unpaired) electrons. The molecule has 0 amide bonds. The van der Waals surface area contributed by atoms with Gasteiger partial charge in [0.15, 0.2) is 0 Å². The molecule has 1 aromatic rings. The molecule has 1 aromatic carbocycles. The Bertz CT molecular complexity index is 591. The fourth-order valence-corrected chi connectivity index (χ4v) is 4.20. The number of nitrogens with one attached hydrogen (secondary N) is 1. The first-order valence-electron chi connectivity index (χ1n) is 5.98. The fourth-order valence-electron chi connectivity index (χ4n) is 2.67. The summed E-state index contributed by atoms with van der Waals surface area (Å²) >= 11 is 0. The fraction of sp³-hybridized carbons (Fsp3) is 0.538. The summed E-state index contributed by atoms with van der Waals surface area (Å²) in [5.41, 5.74) is 3.33. The standard InChI is InChI=1S/C13H20N2O2S/c1-9-6-10(2)12-11(7-9)14-8-13(3,4)15(12)18(5,16)17/h6-7,14H,8H2,1-5H3. The van der Waals surface area contributed by atoms with Crippen LogP contribution < -0.4 is 9.62 Å². The zero-order valence-corrected chi connectivity index (χ0v) is 12.4. The lowest BCUT2D eigenvalue weighted by atomic mass is 9.98. The molecule has 5 heteroatoms. The van der Waals surface area contributed by atoms with Crippen molar-refractivity contribution in [2.45, 2.75) is 33.2 Å². The van der Waals surface area contributed by atoms with Gasteiger partial charge in [-0.25, -0.2) is 8.42 Å². The maximum Gasteiger partial charge on any atom is 0.232 e. The van der Waals surface area contributed by atoms with Crippen molar-refractivity contribution in [2.24, 2.45) is 0 Å². The molecule has 0 saturated carbocycles. The van der Waals surface area contributed by atoms with Gasteiger partial charge in [-0.3, -0.25) is 4.31 Å². The Kier molecular flexibility index (Phi) is 2.85. The molecular formula is C13H20N2O2S.